The van der Waals surface area contributed by atoms with Crippen molar-refractivity contribution < 1.29 is 13.9 Å². The zero-order valence-electron chi connectivity index (χ0n) is 15.0. The number of carbonyl (C=O) groups excluding carboxylic acids is 1. The first-order valence-corrected chi connectivity index (χ1v) is 8.82. The van der Waals surface area contributed by atoms with Crippen molar-refractivity contribution in [2.24, 2.45) is 0 Å². The second-order valence-corrected chi connectivity index (χ2v) is 6.23. The summed E-state index contributed by atoms with van der Waals surface area (Å²) in [6.45, 7) is 3.10. The quantitative estimate of drug-likeness (QED) is 0.863. The second-order valence-electron chi connectivity index (χ2n) is 6.23. The zero-order valence-corrected chi connectivity index (χ0v) is 15.0. The largest absolute Gasteiger partial charge is 0.497 e. The van der Waals surface area contributed by atoms with Gasteiger partial charge in [-0.05, 0) is 24.3 Å². The lowest BCUT2D eigenvalue weighted by Gasteiger charge is -2.36. The molecule has 0 atom stereocenters. The highest BCUT2D eigenvalue weighted by Crippen LogP contribution is 2.20. The Balaban J connectivity index is 1.44. The Hall–Kier alpha value is -2.76. The van der Waals surface area contributed by atoms with E-state index in [-0.39, 0.29) is 11.7 Å². The highest BCUT2D eigenvalue weighted by molar-refractivity contribution is 5.77. The van der Waals surface area contributed by atoms with Crippen molar-refractivity contribution in [2.75, 3.05) is 50.1 Å². The maximum atomic E-state index is 13.9. The predicted octanol–water partition coefficient (Wildman–Crippen LogP) is 2.99. The van der Waals surface area contributed by atoms with Gasteiger partial charge in [0.2, 0.25) is 5.91 Å². The van der Waals surface area contributed by atoms with E-state index in [1.807, 2.05) is 40.1 Å². The Labute approximate surface area is 153 Å². The molecule has 1 aliphatic heterocycles. The van der Waals surface area contributed by atoms with E-state index in [4.69, 9.17) is 4.74 Å². The SMILES string of the molecule is COc1cccc(NCCC(=O)N2CCN(c3ccccc3F)CC2)c1. The Morgan fingerprint density at radius 3 is 2.62 bits per heavy atom. The molecule has 26 heavy (non-hydrogen) atoms. The van der Waals surface area contributed by atoms with E-state index in [1.54, 1.807) is 19.2 Å². The molecule has 0 spiro atoms. The number of amides is 1. The standard InChI is InChI=1S/C20H24FN3O2/c1-26-17-6-4-5-16(15-17)22-10-9-20(25)24-13-11-23(12-14-24)19-8-3-2-7-18(19)21/h2-8,15,22H,9-14H2,1H3. The van der Waals surface area contributed by atoms with Crippen LogP contribution in [0.5, 0.6) is 5.75 Å². The molecule has 5 nitrogen and oxygen atoms in total. The molecule has 0 unspecified atom stereocenters. The van der Waals surface area contributed by atoms with Gasteiger partial charge in [0.15, 0.2) is 0 Å². The third kappa shape index (κ3) is 4.45. The summed E-state index contributed by atoms with van der Waals surface area (Å²) in [4.78, 5) is 16.2. The summed E-state index contributed by atoms with van der Waals surface area (Å²) in [6.07, 6.45) is 0.427. The van der Waals surface area contributed by atoms with Crippen molar-refractivity contribution in [1.82, 2.24) is 4.90 Å². The number of halogens is 1. The number of carbonyl (C=O) groups is 1. The highest BCUT2D eigenvalue weighted by Gasteiger charge is 2.22. The Morgan fingerprint density at radius 2 is 1.88 bits per heavy atom. The van der Waals surface area contributed by atoms with Gasteiger partial charge in [-0.3, -0.25) is 4.79 Å². The number of hydrogen-bond acceptors (Lipinski definition) is 4. The molecule has 0 radical (unpaired) electrons. The van der Waals surface area contributed by atoms with Gasteiger partial charge in [0, 0.05) is 50.9 Å². The minimum atomic E-state index is -0.213. The van der Waals surface area contributed by atoms with Crippen LogP contribution in [-0.4, -0.2) is 50.6 Å². The van der Waals surface area contributed by atoms with Crippen LogP contribution in [0, 0.1) is 5.82 Å². The van der Waals surface area contributed by atoms with Crippen LogP contribution < -0.4 is 15.0 Å². The van der Waals surface area contributed by atoms with Gasteiger partial charge < -0.3 is 19.9 Å². The minimum Gasteiger partial charge on any atom is -0.497 e. The van der Waals surface area contributed by atoms with Gasteiger partial charge in [0.05, 0.1) is 12.8 Å². The van der Waals surface area contributed by atoms with Crippen LogP contribution in [0.4, 0.5) is 15.8 Å². The molecule has 2 aromatic rings. The van der Waals surface area contributed by atoms with Gasteiger partial charge in [-0.2, -0.15) is 0 Å². The summed E-state index contributed by atoms with van der Waals surface area (Å²) in [5, 5.41) is 3.24. The summed E-state index contributed by atoms with van der Waals surface area (Å²) >= 11 is 0. The number of para-hydroxylation sites is 1. The third-order valence-corrected chi connectivity index (χ3v) is 4.56. The van der Waals surface area contributed by atoms with Crippen molar-refractivity contribution in [2.45, 2.75) is 6.42 Å². The van der Waals surface area contributed by atoms with E-state index in [9.17, 15) is 9.18 Å². The van der Waals surface area contributed by atoms with Gasteiger partial charge in [-0.15, -0.1) is 0 Å². The number of nitrogens with one attached hydrogen (secondary N) is 1. The fourth-order valence-corrected chi connectivity index (χ4v) is 3.11. The van der Waals surface area contributed by atoms with Crippen molar-refractivity contribution in [3.05, 3.63) is 54.3 Å². The van der Waals surface area contributed by atoms with Gasteiger partial charge in [0.25, 0.3) is 0 Å². The number of nitrogens with zero attached hydrogens (tertiary/aromatic N) is 2. The first-order chi connectivity index (χ1) is 12.7. The molecule has 2 aromatic carbocycles. The molecule has 1 N–H and O–H groups in total. The molecule has 0 bridgehead atoms. The summed E-state index contributed by atoms with van der Waals surface area (Å²) in [5.41, 5.74) is 1.54. The van der Waals surface area contributed by atoms with Crippen molar-refractivity contribution >= 4 is 17.3 Å². The van der Waals surface area contributed by atoms with Gasteiger partial charge in [0.1, 0.15) is 11.6 Å². The Bertz CT molecular complexity index is 745. The average Bonchev–Trinajstić information content (AvgIpc) is 2.68. The van der Waals surface area contributed by atoms with Crippen LogP contribution in [0.15, 0.2) is 48.5 Å². The van der Waals surface area contributed by atoms with Crippen molar-refractivity contribution in [1.29, 1.82) is 0 Å². The molecule has 1 saturated heterocycles. The van der Waals surface area contributed by atoms with Crippen molar-refractivity contribution in [3.8, 4) is 5.75 Å². The van der Waals surface area contributed by atoms with Crippen molar-refractivity contribution in [3.63, 3.8) is 0 Å². The second kappa shape index (κ2) is 8.56. The number of hydrogen-bond donors (Lipinski definition) is 1. The molecule has 1 aliphatic rings. The molecule has 6 heteroatoms. The Morgan fingerprint density at radius 1 is 1.12 bits per heavy atom. The summed E-state index contributed by atoms with van der Waals surface area (Å²) in [6, 6.07) is 14.4. The maximum absolute atomic E-state index is 13.9. The zero-order chi connectivity index (χ0) is 18.4. The molecule has 3 rings (SSSR count). The molecule has 1 amide bonds. The smallest absolute Gasteiger partial charge is 0.224 e. The molecule has 0 saturated carbocycles. The molecule has 1 fully saturated rings. The fourth-order valence-electron chi connectivity index (χ4n) is 3.11. The molecular weight excluding hydrogens is 333 g/mol. The molecule has 1 heterocycles. The van der Waals surface area contributed by atoms with Crippen LogP contribution in [0.25, 0.3) is 0 Å². The number of rotatable bonds is 6. The van der Waals surface area contributed by atoms with E-state index in [1.165, 1.54) is 6.07 Å². The molecule has 138 valence electrons. The summed E-state index contributed by atoms with van der Waals surface area (Å²) in [5.74, 6) is 0.689. The van der Waals surface area contributed by atoms with E-state index in [0.717, 1.165) is 11.4 Å². The minimum absolute atomic E-state index is 0.119. The lowest BCUT2D eigenvalue weighted by atomic mass is 10.2. The predicted molar refractivity (Wildman–Crippen MR) is 101 cm³/mol. The number of benzene rings is 2. The lowest BCUT2D eigenvalue weighted by Crippen LogP contribution is -2.49. The average molecular weight is 357 g/mol. The van der Waals surface area contributed by atoms with E-state index in [0.29, 0.717) is 44.8 Å². The van der Waals surface area contributed by atoms with E-state index >= 15 is 0 Å². The topological polar surface area (TPSA) is 44.8 Å². The monoisotopic (exact) mass is 357 g/mol. The van der Waals surface area contributed by atoms with E-state index in [2.05, 4.69) is 5.32 Å². The van der Waals surface area contributed by atoms with Gasteiger partial charge >= 0.3 is 0 Å². The van der Waals surface area contributed by atoms with Crippen LogP contribution in [0.3, 0.4) is 0 Å². The first kappa shape index (κ1) is 18.0. The van der Waals surface area contributed by atoms with Gasteiger partial charge in [-0.25, -0.2) is 4.39 Å². The first-order valence-electron chi connectivity index (χ1n) is 8.82. The molecular formula is C20H24FN3O2. The van der Waals surface area contributed by atoms with Crippen LogP contribution >= 0.6 is 0 Å². The van der Waals surface area contributed by atoms with Crippen LogP contribution in [0.2, 0.25) is 0 Å². The number of piperazine rings is 1. The third-order valence-electron chi connectivity index (χ3n) is 4.56. The maximum Gasteiger partial charge on any atom is 0.224 e. The van der Waals surface area contributed by atoms with Gasteiger partial charge in [-0.1, -0.05) is 18.2 Å². The number of anilines is 2. The van der Waals surface area contributed by atoms with E-state index < -0.39 is 0 Å². The normalized spacial score (nSPS) is 14.2. The van der Waals surface area contributed by atoms with Crippen LogP contribution in [-0.2, 0) is 4.79 Å². The summed E-state index contributed by atoms with van der Waals surface area (Å²) in [7, 11) is 1.63. The highest BCUT2D eigenvalue weighted by atomic mass is 19.1. The Kier molecular flexibility index (Phi) is 5.94. The lowest BCUT2D eigenvalue weighted by molar-refractivity contribution is -0.131. The number of methoxy groups -OCH3 is 1. The van der Waals surface area contributed by atoms with Crippen LogP contribution in [0.1, 0.15) is 6.42 Å². The summed E-state index contributed by atoms with van der Waals surface area (Å²) < 4.78 is 19.1. The number of ether oxygens (including phenoxy) is 1. The molecule has 0 aromatic heterocycles. The molecule has 0 aliphatic carbocycles. The fraction of sp³-hybridized carbons (Fsp3) is 0.350.